The molecule has 4 aliphatic carbocycles. The number of hydrazine groups is 1. The Hall–Kier alpha value is -12.4. The molecule has 3 N–H and O–H groups in total. The molecule has 2 aromatic carbocycles. The fourth-order valence-electron chi connectivity index (χ4n) is 24.1. The molecule has 9 fully saturated rings. The number of para-hydroxylation sites is 3. The van der Waals surface area contributed by atoms with Gasteiger partial charge in [0, 0.05) is 51.1 Å². The van der Waals surface area contributed by atoms with Crippen LogP contribution in [-0.2, 0) is 49.7 Å². The van der Waals surface area contributed by atoms with Crippen LogP contribution in [0.1, 0.15) is 310 Å². The normalized spacial score (nSPS) is 24.0. The van der Waals surface area contributed by atoms with Crippen LogP contribution >= 0.6 is 0 Å². The summed E-state index contributed by atoms with van der Waals surface area (Å²) >= 11 is 0. The van der Waals surface area contributed by atoms with Crippen molar-refractivity contribution in [1.82, 2.24) is 60.4 Å². The lowest BCUT2D eigenvalue weighted by atomic mass is 9.87. The number of furan rings is 4. The minimum Gasteiger partial charge on any atom is -0.467 e. The monoisotopic (exact) mass is 2010 g/mol. The van der Waals surface area contributed by atoms with E-state index in [1.807, 2.05) is 130 Å². The highest BCUT2D eigenvalue weighted by molar-refractivity contribution is 6.14. The van der Waals surface area contributed by atoms with E-state index in [-0.39, 0.29) is 175 Å². The molecule has 8 aliphatic heterocycles. The van der Waals surface area contributed by atoms with E-state index >= 15 is 0 Å². The van der Waals surface area contributed by atoms with Gasteiger partial charge in [-0.1, -0.05) is 190 Å². The van der Waals surface area contributed by atoms with Gasteiger partial charge in [0.05, 0.1) is 74.8 Å². The molecule has 5 saturated heterocycles. The fourth-order valence-corrected chi connectivity index (χ4v) is 24.1. The number of carbonyl (C=O) groups excluding carboxylic acids is 13. The molecule has 0 bridgehead atoms. The summed E-state index contributed by atoms with van der Waals surface area (Å²) in [6.07, 6.45) is 30.9. The predicted molar refractivity (Wildman–Crippen MR) is 548 cm³/mol. The van der Waals surface area contributed by atoms with Crippen LogP contribution < -0.4 is 35.7 Å². The van der Waals surface area contributed by atoms with Crippen molar-refractivity contribution < 1.29 is 84.4 Å². The number of nitrogens with zero attached hydrogens (tertiary/aromatic N) is 13. The standard InChI is InChI=1S/C33H44N4O5.C28H43N5O5.C27H35N3O3.C24H30N4O5/c1-21(2)17-26-31(39)35(19-23-11-6-5-7-12-23)20-29-36(32(40)27-15-10-16-42-27)25-14-9-8-13-24(25)30(33(41)37(26)29)34-28(38)18-22(3)4;1-18(2)13-22-27(36)31(16-20-9-6-5-7-10-20)17-25-32(22)26(35)21(30-24(34)14-19(3)4)15-29-33(25)28(37)23-11-8-12-38-23;1-19(2)15-22-26(31)29(17-21-11-8-14-33-21)25-18-28(16-20-9-4-3-5-10-20)23-12-6-7-13-24(23)30(25)27(22)32;1-15(2)11-17-21(29)26(12-16-7-4-3-5-8-16)13-19-27(17)23(31)20-24(33-14-25-20)28(19)22(30)18-9-6-10-32-18/h8-10,13-16,21-23,26,29-30H,5-7,11-12,17-20H2,1-4H3,(H,34,38);8,11-12,18-22,25,29H,5-7,9-10,13-17H2,1-4H3,(H,30,34);6-8,11-14,19-20,22,25H,3-5,9-10,15-18H2,1-2H3;6,9-10,14-17,19H,3-5,7-8,11-13H2,1-2H3/t26-,29?,30?;21?,22-,25?;;17-,19?/m00.0/s1. The molecule has 5 aromatic heterocycles. The summed E-state index contributed by atoms with van der Waals surface area (Å²) in [5.74, 6) is 0.425. The molecule has 788 valence electrons. The van der Waals surface area contributed by atoms with Crippen molar-refractivity contribution in [2.75, 3.05) is 78.5 Å². The number of fused-ring (bicyclic) bond motifs is 8. The van der Waals surface area contributed by atoms with E-state index < -0.39 is 66.4 Å². The zero-order valence-electron chi connectivity index (χ0n) is 87.3. The number of rotatable bonds is 27. The first-order valence-corrected chi connectivity index (χ1v) is 54.1. The van der Waals surface area contributed by atoms with Crippen LogP contribution in [0.15, 0.2) is 151 Å². The summed E-state index contributed by atoms with van der Waals surface area (Å²) < 4.78 is 27.5. The number of hydrogen-bond donors (Lipinski definition) is 3. The van der Waals surface area contributed by atoms with Crippen LogP contribution in [0, 0.1) is 65.1 Å². The molecule has 10 atom stereocenters. The summed E-state index contributed by atoms with van der Waals surface area (Å²) in [6.45, 7) is 28.7. The molecular weight excluding hydrogens is 1860 g/mol. The van der Waals surface area contributed by atoms with Crippen molar-refractivity contribution >= 4 is 99.7 Å². The van der Waals surface area contributed by atoms with Gasteiger partial charge in [-0.05, 0) is 203 Å². The average molecular weight is 2010 g/mol. The highest BCUT2D eigenvalue weighted by atomic mass is 16.4. The van der Waals surface area contributed by atoms with E-state index in [2.05, 4.69) is 51.9 Å². The van der Waals surface area contributed by atoms with E-state index in [9.17, 15) is 62.3 Å². The summed E-state index contributed by atoms with van der Waals surface area (Å²) in [4.78, 5) is 202. The van der Waals surface area contributed by atoms with Gasteiger partial charge in [-0.2, -0.15) is 0 Å². The van der Waals surface area contributed by atoms with Gasteiger partial charge in [-0.3, -0.25) is 77.0 Å². The van der Waals surface area contributed by atoms with E-state index in [0.29, 0.717) is 93.3 Å². The van der Waals surface area contributed by atoms with Gasteiger partial charge < -0.3 is 71.9 Å². The second kappa shape index (κ2) is 48.1. The number of nitrogens with one attached hydrogen (secondary N) is 3. The van der Waals surface area contributed by atoms with Gasteiger partial charge in [0.15, 0.2) is 29.4 Å². The van der Waals surface area contributed by atoms with Crippen molar-refractivity contribution in [2.24, 2.45) is 65.1 Å². The predicted octanol–water partition coefficient (Wildman–Crippen LogP) is 16.5. The lowest BCUT2D eigenvalue weighted by molar-refractivity contribution is -0.164. The molecule has 13 amide bonds. The SMILES string of the molecule is CC(C)CC(=O)NC1C(=O)N2C(CN(CC3CCCCC3)C(=O)[C@@H]2CC(C)C)N(C(=O)c2ccco2)c2ccccc21.CC(C)CC(=O)NC1CNN(C(=O)c2ccco2)C2CN(CC3CCCCC3)C(=O)[C@H](CC(C)C)N2C1=O.CC(C)CC1C(=O)N(Cc2ccco2)C2CN(CC3CCCCC3)c3ccccc3N2C1=O.CC(C)C[C@H]1C(=O)N(CC2CCCCC2)CC2N(C(=O)c3ccco3)c3ocnc3C(=O)N21. The van der Waals surface area contributed by atoms with Crippen molar-refractivity contribution in [1.29, 1.82) is 0 Å². The first kappa shape index (κ1) is 106. The van der Waals surface area contributed by atoms with Crippen LogP contribution in [0.4, 0.5) is 22.9 Å². The second-order valence-electron chi connectivity index (χ2n) is 44.8. The van der Waals surface area contributed by atoms with Crippen LogP contribution in [0.25, 0.3) is 0 Å². The molecule has 7 unspecified atom stereocenters. The van der Waals surface area contributed by atoms with Gasteiger partial charge in [0.1, 0.15) is 66.6 Å². The first-order valence-electron chi connectivity index (χ1n) is 54.1. The Morgan fingerprint density at radius 2 is 0.801 bits per heavy atom. The zero-order valence-corrected chi connectivity index (χ0v) is 87.3. The number of oxazole rings is 1. The Morgan fingerprint density at radius 1 is 0.384 bits per heavy atom. The van der Waals surface area contributed by atoms with Crippen LogP contribution in [0.3, 0.4) is 0 Å². The van der Waals surface area contributed by atoms with Crippen molar-refractivity contribution in [2.45, 2.75) is 311 Å². The van der Waals surface area contributed by atoms with Crippen LogP contribution in [0.5, 0.6) is 0 Å². The maximum Gasteiger partial charge on any atom is 0.305 e. The molecule has 0 spiro atoms. The van der Waals surface area contributed by atoms with E-state index in [0.717, 1.165) is 75.0 Å². The average Bonchev–Trinajstić information content (AvgIpc) is 1.26. The molecule has 0 radical (unpaired) electrons. The molecule has 34 nitrogen and oxygen atoms in total. The molecule has 13 heterocycles. The highest BCUT2D eigenvalue weighted by Gasteiger charge is 2.58. The third-order valence-corrected chi connectivity index (χ3v) is 30.9. The molecule has 146 heavy (non-hydrogen) atoms. The smallest absolute Gasteiger partial charge is 0.305 e. The maximum absolute atomic E-state index is 14.6. The Morgan fingerprint density at radius 3 is 1.27 bits per heavy atom. The number of piperazine rings is 3. The van der Waals surface area contributed by atoms with Crippen LogP contribution in [-0.4, -0.2) is 229 Å². The zero-order chi connectivity index (χ0) is 103. The summed E-state index contributed by atoms with van der Waals surface area (Å²) in [7, 11) is 0. The lowest BCUT2D eigenvalue weighted by Crippen LogP contribution is -2.71. The van der Waals surface area contributed by atoms with Crippen molar-refractivity contribution in [3.63, 3.8) is 0 Å². The summed E-state index contributed by atoms with van der Waals surface area (Å²) in [5, 5.41) is 7.26. The molecule has 19 rings (SSSR count). The Kier molecular flexibility index (Phi) is 35.0. The Labute approximate surface area is 857 Å². The molecule has 34 heteroatoms. The number of carbonyl (C=O) groups is 13. The highest BCUT2D eigenvalue weighted by Crippen LogP contribution is 2.47. The Bertz CT molecular complexity index is 5630. The number of hydrogen-bond acceptors (Lipinski definition) is 21. The van der Waals surface area contributed by atoms with Gasteiger partial charge in [-0.15, -0.1) is 0 Å². The quantitative estimate of drug-likeness (QED) is 0.0403. The molecule has 4 saturated carbocycles. The van der Waals surface area contributed by atoms with Crippen LogP contribution in [0.2, 0.25) is 0 Å². The van der Waals surface area contributed by atoms with Gasteiger partial charge >= 0.3 is 5.91 Å². The van der Waals surface area contributed by atoms with Crippen molar-refractivity contribution in [3.8, 4) is 0 Å². The molecular formula is C112H152N16O18. The lowest BCUT2D eigenvalue weighted by Gasteiger charge is -2.52. The minimum absolute atomic E-state index is 0.0351. The third kappa shape index (κ3) is 24.2. The second-order valence-corrected chi connectivity index (χ2v) is 44.8. The summed E-state index contributed by atoms with van der Waals surface area (Å²) in [6, 6.07) is 24.9. The van der Waals surface area contributed by atoms with Gasteiger partial charge in [0.2, 0.25) is 53.1 Å². The number of anilines is 4. The number of amides is 13. The largest absolute Gasteiger partial charge is 0.467 e. The Balaban J connectivity index is 0.000000140. The van der Waals surface area contributed by atoms with E-state index in [4.69, 9.17) is 22.1 Å². The topological polar surface area (TPSA) is 375 Å². The third-order valence-electron chi connectivity index (χ3n) is 30.9. The summed E-state index contributed by atoms with van der Waals surface area (Å²) in [5.41, 5.74) is 6.29. The number of aromatic nitrogens is 1. The fraction of sp³-hybridized carbons (Fsp3) is 0.607. The van der Waals surface area contributed by atoms with Gasteiger partial charge in [-0.25, -0.2) is 15.4 Å². The van der Waals surface area contributed by atoms with Crippen molar-refractivity contribution in [3.05, 3.63) is 163 Å². The minimum atomic E-state index is -1.03. The number of benzene rings is 2. The van der Waals surface area contributed by atoms with Gasteiger partial charge in [0.25, 0.3) is 23.6 Å². The van der Waals surface area contributed by atoms with E-state index in [1.165, 1.54) is 112 Å². The first-order chi connectivity index (χ1) is 70.3. The molecule has 7 aromatic rings. The molecule has 12 aliphatic rings. The van der Waals surface area contributed by atoms with E-state index in [1.54, 1.807) is 74.4 Å². The maximum atomic E-state index is 14.6.